The van der Waals surface area contributed by atoms with Crippen molar-refractivity contribution in [3.63, 3.8) is 0 Å². The lowest BCUT2D eigenvalue weighted by molar-refractivity contribution is 0.0928. The van der Waals surface area contributed by atoms with Gasteiger partial charge in [0.05, 0.1) is 0 Å². The van der Waals surface area contributed by atoms with Gasteiger partial charge < -0.3 is 15.5 Å². The molecule has 0 aliphatic carbocycles. The van der Waals surface area contributed by atoms with Crippen molar-refractivity contribution in [3.05, 3.63) is 47.7 Å². The van der Waals surface area contributed by atoms with Crippen LogP contribution in [0.1, 0.15) is 10.6 Å². The topological polar surface area (TPSA) is 68.3 Å². The van der Waals surface area contributed by atoms with Crippen molar-refractivity contribution in [1.29, 1.82) is 0 Å². The molecule has 0 radical (unpaired) electrons. The third-order valence-electron chi connectivity index (χ3n) is 2.46. The van der Waals surface area contributed by atoms with E-state index in [4.69, 9.17) is 10.2 Å². The molecule has 100 valence electrons. The van der Waals surface area contributed by atoms with Crippen molar-refractivity contribution in [2.24, 2.45) is 5.73 Å². The lowest BCUT2D eigenvalue weighted by Gasteiger charge is -2.00. The van der Waals surface area contributed by atoms with Crippen LogP contribution >= 0.6 is 0 Å². The summed E-state index contributed by atoms with van der Waals surface area (Å²) in [6.45, 7) is 0.655. The van der Waals surface area contributed by atoms with Crippen LogP contribution in [-0.4, -0.2) is 19.0 Å². The van der Waals surface area contributed by atoms with Gasteiger partial charge in [-0.2, -0.15) is 0 Å². The highest BCUT2D eigenvalue weighted by atomic mass is 19.2. The third-order valence-corrected chi connectivity index (χ3v) is 2.46. The van der Waals surface area contributed by atoms with Crippen LogP contribution in [0.4, 0.5) is 8.78 Å². The molecule has 1 aromatic heterocycles. The van der Waals surface area contributed by atoms with E-state index < -0.39 is 17.5 Å². The Labute approximate surface area is 108 Å². The second-order valence-electron chi connectivity index (χ2n) is 3.84. The van der Waals surface area contributed by atoms with Gasteiger partial charge in [-0.1, -0.05) is 0 Å². The molecule has 0 spiro atoms. The van der Waals surface area contributed by atoms with E-state index in [9.17, 15) is 13.6 Å². The molecule has 0 unspecified atom stereocenters. The molecule has 2 aromatic rings. The molecule has 1 aromatic carbocycles. The summed E-state index contributed by atoms with van der Waals surface area (Å²) in [7, 11) is 0. The van der Waals surface area contributed by atoms with Gasteiger partial charge in [0.25, 0.3) is 5.91 Å². The van der Waals surface area contributed by atoms with Gasteiger partial charge in [0, 0.05) is 18.7 Å². The number of amides is 1. The standard InChI is InChI=1S/C13H12F2N2O2/c14-9-2-1-8(7-10(9)15)11-3-4-12(19-11)13(18)17-6-5-16/h1-4,7H,5-6,16H2,(H,17,18). The fourth-order valence-electron chi connectivity index (χ4n) is 1.54. The fraction of sp³-hybridized carbons (Fsp3) is 0.154. The van der Waals surface area contributed by atoms with Crippen LogP contribution in [0.5, 0.6) is 0 Å². The number of nitrogens with one attached hydrogen (secondary N) is 1. The second-order valence-corrected chi connectivity index (χ2v) is 3.84. The molecule has 6 heteroatoms. The van der Waals surface area contributed by atoms with E-state index in [-0.39, 0.29) is 11.5 Å². The van der Waals surface area contributed by atoms with Crippen molar-refractivity contribution in [1.82, 2.24) is 5.32 Å². The van der Waals surface area contributed by atoms with E-state index in [1.54, 1.807) is 0 Å². The number of nitrogens with two attached hydrogens (primary N) is 1. The lowest BCUT2D eigenvalue weighted by atomic mass is 10.1. The lowest BCUT2D eigenvalue weighted by Crippen LogP contribution is -2.28. The number of rotatable bonds is 4. The number of carbonyl (C=O) groups excluding carboxylic acids is 1. The first-order valence-corrected chi connectivity index (χ1v) is 5.65. The molecule has 2 rings (SSSR count). The van der Waals surface area contributed by atoms with Gasteiger partial charge in [0.15, 0.2) is 17.4 Å². The molecule has 0 bridgehead atoms. The van der Waals surface area contributed by atoms with Crippen LogP contribution in [0.2, 0.25) is 0 Å². The van der Waals surface area contributed by atoms with Gasteiger partial charge in [0.2, 0.25) is 0 Å². The minimum absolute atomic E-state index is 0.0909. The van der Waals surface area contributed by atoms with E-state index in [2.05, 4.69) is 5.32 Å². The Morgan fingerprint density at radius 1 is 1.21 bits per heavy atom. The first-order chi connectivity index (χ1) is 9.11. The highest BCUT2D eigenvalue weighted by Gasteiger charge is 2.12. The molecular formula is C13H12F2N2O2. The molecule has 4 nitrogen and oxygen atoms in total. The predicted octanol–water partition coefficient (Wildman–Crippen LogP) is 1.91. The molecule has 0 fully saturated rings. The second kappa shape index (κ2) is 5.62. The summed E-state index contributed by atoms with van der Waals surface area (Å²) in [6, 6.07) is 6.36. The zero-order chi connectivity index (χ0) is 13.8. The molecule has 1 amide bonds. The maximum absolute atomic E-state index is 13.1. The number of furan rings is 1. The first-order valence-electron chi connectivity index (χ1n) is 5.65. The van der Waals surface area contributed by atoms with Crippen LogP contribution in [0, 0.1) is 11.6 Å². The Morgan fingerprint density at radius 2 is 2.00 bits per heavy atom. The van der Waals surface area contributed by atoms with Gasteiger partial charge in [-0.15, -0.1) is 0 Å². The van der Waals surface area contributed by atoms with Crippen molar-refractivity contribution >= 4 is 5.91 Å². The SMILES string of the molecule is NCCNC(=O)c1ccc(-c2ccc(F)c(F)c2)o1. The normalized spacial score (nSPS) is 10.5. The van der Waals surface area contributed by atoms with Crippen molar-refractivity contribution in [2.45, 2.75) is 0 Å². The molecule has 0 aliphatic rings. The summed E-state index contributed by atoms with van der Waals surface area (Å²) in [6.07, 6.45) is 0. The maximum atomic E-state index is 13.1. The largest absolute Gasteiger partial charge is 0.451 e. The first kappa shape index (κ1) is 13.2. The monoisotopic (exact) mass is 266 g/mol. The summed E-state index contributed by atoms with van der Waals surface area (Å²) in [5.74, 6) is -1.93. The Balaban J connectivity index is 2.20. The molecule has 19 heavy (non-hydrogen) atoms. The zero-order valence-electron chi connectivity index (χ0n) is 9.95. The Bertz CT molecular complexity index is 596. The molecule has 0 saturated heterocycles. The molecule has 0 saturated carbocycles. The smallest absolute Gasteiger partial charge is 0.287 e. The number of hydrogen-bond acceptors (Lipinski definition) is 3. The Morgan fingerprint density at radius 3 is 2.68 bits per heavy atom. The van der Waals surface area contributed by atoms with Crippen LogP contribution in [0.25, 0.3) is 11.3 Å². The summed E-state index contributed by atoms with van der Waals surface area (Å²) in [5.41, 5.74) is 5.62. The number of benzene rings is 1. The van der Waals surface area contributed by atoms with Crippen molar-refractivity contribution in [2.75, 3.05) is 13.1 Å². The Hall–Kier alpha value is -2.21. The van der Waals surface area contributed by atoms with Crippen molar-refractivity contribution in [3.8, 4) is 11.3 Å². The highest BCUT2D eigenvalue weighted by Crippen LogP contribution is 2.23. The van der Waals surface area contributed by atoms with Crippen molar-refractivity contribution < 1.29 is 18.0 Å². The van der Waals surface area contributed by atoms with E-state index in [0.29, 0.717) is 18.7 Å². The molecular weight excluding hydrogens is 254 g/mol. The fourth-order valence-corrected chi connectivity index (χ4v) is 1.54. The third kappa shape index (κ3) is 2.97. The average molecular weight is 266 g/mol. The van der Waals surface area contributed by atoms with Gasteiger partial charge in [-0.05, 0) is 30.3 Å². The summed E-state index contributed by atoms with van der Waals surface area (Å²) in [5, 5.41) is 2.54. The van der Waals surface area contributed by atoms with Gasteiger partial charge in [-0.25, -0.2) is 8.78 Å². The van der Waals surface area contributed by atoms with Gasteiger partial charge in [0.1, 0.15) is 5.76 Å². The number of carbonyl (C=O) groups is 1. The minimum atomic E-state index is -0.969. The minimum Gasteiger partial charge on any atom is -0.451 e. The van der Waals surface area contributed by atoms with E-state index in [0.717, 1.165) is 12.1 Å². The van der Waals surface area contributed by atoms with E-state index >= 15 is 0 Å². The number of hydrogen-bond donors (Lipinski definition) is 2. The molecule has 0 atom stereocenters. The van der Waals surface area contributed by atoms with Crippen LogP contribution in [0.15, 0.2) is 34.7 Å². The predicted molar refractivity (Wildman–Crippen MR) is 65.4 cm³/mol. The average Bonchev–Trinajstić information content (AvgIpc) is 2.89. The summed E-state index contributed by atoms with van der Waals surface area (Å²) < 4.78 is 31.2. The zero-order valence-corrected chi connectivity index (χ0v) is 9.95. The van der Waals surface area contributed by atoms with E-state index in [1.807, 2.05) is 0 Å². The van der Waals surface area contributed by atoms with Crippen LogP contribution in [-0.2, 0) is 0 Å². The summed E-state index contributed by atoms with van der Waals surface area (Å²) >= 11 is 0. The molecule has 3 N–H and O–H groups in total. The number of halogens is 2. The van der Waals surface area contributed by atoms with Crippen LogP contribution in [0.3, 0.4) is 0 Å². The molecule has 0 aliphatic heterocycles. The quantitative estimate of drug-likeness (QED) is 0.888. The van der Waals surface area contributed by atoms with Gasteiger partial charge in [-0.3, -0.25) is 4.79 Å². The molecule has 1 heterocycles. The van der Waals surface area contributed by atoms with Gasteiger partial charge >= 0.3 is 0 Å². The highest BCUT2D eigenvalue weighted by molar-refractivity contribution is 5.92. The van der Waals surface area contributed by atoms with E-state index in [1.165, 1.54) is 18.2 Å². The Kier molecular flexibility index (Phi) is 3.91. The summed E-state index contributed by atoms with van der Waals surface area (Å²) in [4.78, 5) is 11.6. The van der Waals surface area contributed by atoms with Crippen LogP contribution < -0.4 is 11.1 Å². The maximum Gasteiger partial charge on any atom is 0.287 e.